The number of likely N-dealkylation sites (tertiary alicyclic amines) is 1. The van der Waals surface area contributed by atoms with Crippen LogP contribution in [-0.2, 0) is 27.0 Å². The summed E-state index contributed by atoms with van der Waals surface area (Å²) in [5.74, 6) is -0.0485. The van der Waals surface area contributed by atoms with E-state index < -0.39 is 5.41 Å². The van der Waals surface area contributed by atoms with Gasteiger partial charge in [0.15, 0.2) is 0 Å². The van der Waals surface area contributed by atoms with Crippen LogP contribution >= 0.6 is 23.2 Å². The second-order valence-corrected chi connectivity index (χ2v) is 12.6. The summed E-state index contributed by atoms with van der Waals surface area (Å²) in [6.45, 7) is 4.83. The molecule has 0 aromatic heterocycles. The van der Waals surface area contributed by atoms with Gasteiger partial charge in [0, 0.05) is 26.6 Å². The summed E-state index contributed by atoms with van der Waals surface area (Å²) < 4.78 is 13.3. The van der Waals surface area contributed by atoms with Gasteiger partial charge >= 0.3 is 0 Å². The SMILES string of the molecule is CC(=O)NC1(c2ccccc2)CCN(CCC[C@@H]2C[C@@]2(C(=O)NCCc2ccc(F)cc2)c2ccc(Cl)c(Cl)c2)CC1. The van der Waals surface area contributed by atoms with E-state index in [1.165, 1.54) is 12.1 Å². The van der Waals surface area contributed by atoms with Gasteiger partial charge in [0.05, 0.1) is 21.0 Å². The number of hydrogen-bond acceptors (Lipinski definition) is 3. The highest BCUT2D eigenvalue weighted by Crippen LogP contribution is 2.57. The number of nitrogens with one attached hydrogen (secondary N) is 2. The minimum Gasteiger partial charge on any atom is -0.355 e. The van der Waals surface area contributed by atoms with Gasteiger partial charge in [0.25, 0.3) is 0 Å². The first-order chi connectivity index (χ1) is 20.2. The maximum Gasteiger partial charge on any atom is 0.230 e. The zero-order valence-corrected chi connectivity index (χ0v) is 25.5. The number of nitrogens with zero attached hydrogens (tertiary/aromatic N) is 1. The molecule has 2 amide bonds. The minimum atomic E-state index is -0.618. The van der Waals surface area contributed by atoms with E-state index in [1.807, 2.05) is 30.3 Å². The van der Waals surface area contributed by atoms with Crippen LogP contribution in [0.4, 0.5) is 4.39 Å². The highest BCUT2D eigenvalue weighted by Gasteiger charge is 2.60. The molecule has 2 fully saturated rings. The van der Waals surface area contributed by atoms with E-state index in [4.69, 9.17) is 23.2 Å². The highest BCUT2D eigenvalue weighted by atomic mass is 35.5. The topological polar surface area (TPSA) is 61.4 Å². The van der Waals surface area contributed by atoms with Gasteiger partial charge in [-0.1, -0.05) is 71.7 Å². The van der Waals surface area contributed by atoms with E-state index in [9.17, 15) is 14.0 Å². The smallest absolute Gasteiger partial charge is 0.230 e. The molecule has 42 heavy (non-hydrogen) atoms. The largest absolute Gasteiger partial charge is 0.355 e. The summed E-state index contributed by atoms with van der Waals surface area (Å²) in [5.41, 5.74) is 2.10. The Labute approximate surface area is 257 Å². The predicted molar refractivity (Wildman–Crippen MR) is 166 cm³/mol. The van der Waals surface area contributed by atoms with Crippen LogP contribution in [0, 0.1) is 11.7 Å². The molecule has 1 aliphatic carbocycles. The third-order valence-electron chi connectivity index (χ3n) is 9.04. The number of benzene rings is 3. The Bertz CT molecular complexity index is 1390. The van der Waals surface area contributed by atoms with Gasteiger partial charge in [-0.05, 0) is 91.9 Å². The van der Waals surface area contributed by atoms with Crippen LogP contribution in [-0.4, -0.2) is 42.9 Å². The monoisotopic (exact) mass is 609 g/mol. The standard InChI is InChI=1S/C34H38Cl2FN3O2/c1-24(41)39-33(26-6-3-2-4-7-26)16-20-40(21-17-33)19-5-8-28-23-34(28,27-11-14-30(35)31(36)22-27)32(42)38-18-15-25-9-12-29(37)13-10-25/h2-4,6-7,9-14,22,28H,5,8,15-21,23H2,1H3,(H,38,42)(H,39,41)/t28-,34-/m1/s1. The number of rotatable bonds is 11. The van der Waals surface area contributed by atoms with Crippen molar-refractivity contribution in [1.82, 2.24) is 15.5 Å². The first kappa shape index (κ1) is 30.5. The van der Waals surface area contributed by atoms with E-state index in [0.29, 0.717) is 23.0 Å². The van der Waals surface area contributed by atoms with Gasteiger partial charge in [-0.15, -0.1) is 0 Å². The third-order valence-corrected chi connectivity index (χ3v) is 9.77. The zero-order valence-electron chi connectivity index (χ0n) is 24.0. The zero-order chi connectivity index (χ0) is 29.7. The van der Waals surface area contributed by atoms with E-state index in [0.717, 1.165) is 68.4 Å². The van der Waals surface area contributed by atoms with Crippen molar-refractivity contribution in [3.63, 3.8) is 0 Å². The Kier molecular flexibility index (Phi) is 9.56. The molecule has 0 spiro atoms. The molecule has 8 heteroatoms. The molecule has 222 valence electrons. The lowest BCUT2D eigenvalue weighted by Crippen LogP contribution is -2.52. The number of carbonyl (C=O) groups excluding carboxylic acids is 2. The van der Waals surface area contributed by atoms with E-state index in [-0.39, 0.29) is 29.1 Å². The lowest BCUT2D eigenvalue weighted by atomic mass is 9.80. The van der Waals surface area contributed by atoms with Crippen molar-refractivity contribution in [2.24, 2.45) is 5.92 Å². The number of carbonyl (C=O) groups is 2. The lowest BCUT2D eigenvalue weighted by Gasteiger charge is -2.42. The Balaban J connectivity index is 1.18. The second kappa shape index (κ2) is 13.2. The molecule has 0 radical (unpaired) electrons. The van der Waals surface area contributed by atoms with Gasteiger partial charge < -0.3 is 15.5 Å². The third kappa shape index (κ3) is 6.82. The fraction of sp³-hybridized carbons (Fsp3) is 0.412. The van der Waals surface area contributed by atoms with Crippen LogP contribution < -0.4 is 10.6 Å². The molecule has 2 aliphatic rings. The van der Waals surface area contributed by atoms with Gasteiger partial charge in [0.2, 0.25) is 11.8 Å². The Morgan fingerprint density at radius 3 is 2.33 bits per heavy atom. The molecular weight excluding hydrogens is 572 g/mol. The molecule has 1 heterocycles. The van der Waals surface area contributed by atoms with Crippen molar-refractivity contribution in [1.29, 1.82) is 0 Å². The molecule has 1 saturated carbocycles. The molecule has 3 aromatic carbocycles. The van der Waals surface area contributed by atoms with Crippen molar-refractivity contribution < 1.29 is 14.0 Å². The van der Waals surface area contributed by atoms with Gasteiger partial charge in [-0.2, -0.15) is 0 Å². The van der Waals surface area contributed by atoms with Crippen LogP contribution in [0.15, 0.2) is 72.8 Å². The van der Waals surface area contributed by atoms with Gasteiger partial charge in [-0.25, -0.2) is 4.39 Å². The van der Waals surface area contributed by atoms with Crippen LogP contribution in [0.1, 0.15) is 55.7 Å². The highest BCUT2D eigenvalue weighted by molar-refractivity contribution is 6.42. The molecule has 0 unspecified atom stereocenters. The van der Waals surface area contributed by atoms with Crippen molar-refractivity contribution in [2.75, 3.05) is 26.2 Å². The summed E-state index contributed by atoms with van der Waals surface area (Å²) in [7, 11) is 0. The van der Waals surface area contributed by atoms with Crippen molar-refractivity contribution in [3.05, 3.63) is 105 Å². The summed E-state index contributed by atoms with van der Waals surface area (Å²) >= 11 is 12.6. The van der Waals surface area contributed by atoms with Crippen molar-refractivity contribution in [2.45, 2.75) is 56.4 Å². The molecule has 0 bridgehead atoms. The van der Waals surface area contributed by atoms with Crippen molar-refractivity contribution >= 4 is 35.0 Å². The average molecular weight is 611 g/mol. The van der Waals surface area contributed by atoms with Crippen molar-refractivity contribution in [3.8, 4) is 0 Å². The Morgan fingerprint density at radius 1 is 0.952 bits per heavy atom. The molecule has 2 N–H and O–H groups in total. The van der Waals surface area contributed by atoms with Gasteiger partial charge in [0.1, 0.15) is 5.82 Å². The number of halogens is 3. The molecule has 1 saturated heterocycles. The maximum absolute atomic E-state index is 13.6. The predicted octanol–water partition coefficient (Wildman–Crippen LogP) is 6.66. The first-order valence-electron chi connectivity index (χ1n) is 14.8. The number of amides is 2. The summed E-state index contributed by atoms with van der Waals surface area (Å²) in [6.07, 6.45) is 5.04. The first-order valence-corrected chi connectivity index (χ1v) is 15.5. The van der Waals surface area contributed by atoms with Crippen LogP contribution in [0.25, 0.3) is 0 Å². The van der Waals surface area contributed by atoms with Crippen LogP contribution in [0.3, 0.4) is 0 Å². The molecule has 5 rings (SSSR count). The Morgan fingerprint density at radius 2 is 1.67 bits per heavy atom. The van der Waals surface area contributed by atoms with E-state index in [2.05, 4.69) is 27.7 Å². The number of hydrogen-bond donors (Lipinski definition) is 2. The summed E-state index contributed by atoms with van der Waals surface area (Å²) in [6, 6.07) is 22.2. The minimum absolute atomic E-state index is 0.00405. The maximum atomic E-state index is 13.6. The van der Waals surface area contributed by atoms with Gasteiger partial charge in [-0.3, -0.25) is 9.59 Å². The van der Waals surface area contributed by atoms with E-state index in [1.54, 1.807) is 25.1 Å². The van der Waals surface area contributed by atoms with Crippen LogP contribution in [0.5, 0.6) is 0 Å². The number of piperidine rings is 1. The van der Waals surface area contributed by atoms with E-state index >= 15 is 0 Å². The van der Waals surface area contributed by atoms with Crippen LogP contribution in [0.2, 0.25) is 10.0 Å². The quantitative estimate of drug-likeness (QED) is 0.256. The molecular formula is C34H38Cl2FN3O2. The normalized spacial score (nSPS) is 21.5. The average Bonchev–Trinajstić information content (AvgIpc) is 3.72. The lowest BCUT2D eigenvalue weighted by molar-refractivity contribution is -0.124. The Hall–Kier alpha value is -2.93. The summed E-state index contributed by atoms with van der Waals surface area (Å²) in [4.78, 5) is 28.2. The molecule has 1 aliphatic heterocycles. The molecule has 2 atom stereocenters. The molecule has 5 nitrogen and oxygen atoms in total. The summed E-state index contributed by atoms with van der Waals surface area (Å²) in [5, 5.41) is 7.31. The fourth-order valence-electron chi connectivity index (χ4n) is 6.64. The molecule has 3 aromatic rings. The second-order valence-electron chi connectivity index (χ2n) is 11.7. The fourth-order valence-corrected chi connectivity index (χ4v) is 6.94.